The third-order valence-electron chi connectivity index (χ3n) is 4.61. The Morgan fingerprint density at radius 2 is 1.27 bits per heavy atom. The number of rotatable bonds is 17. The lowest BCUT2D eigenvalue weighted by atomic mass is 10.0. The summed E-state index contributed by atoms with van der Waals surface area (Å²) < 4.78 is 5.30. The number of carbonyl (C=O) groups is 1. The van der Waals surface area contributed by atoms with Crippen molar-refractivity contribution in [1.29, 1.82) is 0 Å². The molecule has 0 heterocycles. The zero-order valence-electron chi connectivity index (χ0n) is 16.7. The fourth-order valence-corrected chi connectivity index (χ4v) is 3.72. The molecule has 0 atom stereocenters. The Morgan fingerprint density at radius 1 is 0.769 bits per heavy atom. The Labute approximate surface area is 165 Å². The van der Waals surface area contributed by atoms with E-state index in [0.29, 0.717) is 12.4 Å². The van der Waals surface area contributed by atoms with E-state index in [-0.39, 0.29) is 5.97 Å². The molecule has 0 saturated carbocycles. The normalized spacial score (nSPS) is 10.8. The van der Waals surface area contributed by atoms with Crippen LogP contribution in [0.5, 0.6) is 0 Å². The molecule has 148 valence electrons. The third-order valence-corrected chi connectivity index (χ3v) is 5.60. The highest BCUT2D eigenvalue weighted by atomic mass is 32.2. The van der Waals surface area contributed by atoms with Crippen LogP contribution < -0.4 is 0 Å². The maximum Gasteiger partial charge on any atom is 0.316 e. The smallest absolute Gasteiger partial charge is 0.316 e. The van der Waals surface area contributed by atoms with Gasteiger partial charge in [0.05, 0.1) is 12.4 Å². The second kappa shape index (κ2) is 17.5. The Morgan fingerprint density at radius 3 is 1.81 bits per heavy atom. The second-order valence-electron chi connectivity index (χ2n) is 7.06. The summed E-state index contributed by atoms with van der Waals surface area (Å²) in [5.74, 6) is 0.306. The summed E-state index contributed by atoms with van der Waals surface area (Å²) in [6, 6.07) is 9.99. The van der Waals surface area contributed by atoms with E-state index < -0.39 is 0 Å². The predicted octanol–water partition coefficient (Wildman–Crippen LogP) is 7.41. The summed E-state index contributed by atoms with van der Waals surface area (Å²) in [6.45, 7) is 2.85. The summed E-state index contributed by atoms with van der Waals surface area (Å²) in [5.41, 5.74) is 0. The first-order valence-electron chi connectivity index (χ1n) is 10.7. The van der Waals surface area contributed by atoms with Gasteiger partial charge in [0.2, 0.25) is 0 Å². The molecule has 0 saturated heterocycles. The molecule has 1 rings (SSSR count). The molecule has 0 aliphatic carbocycles. The van der Waals surface area contributed by atoms with Crippen LogP contribution in [0.4, 0.5) is 0 Å². The highest BCUT2D eigenvalue weighted by Crippen LogP contribution is 2.17. The molecule has 0 aliphatic heterocycles. The number of ether oxygens (including phenoxy) is 1. The molecule has 0 aliphatic rings. The summed E-state index contributed by atoms with van der Waals surface area (Å²) in [5, 5.41) is 0. The van der Waals surface area contributed by atoms with Crippen molar-refractivity contribution in [3.8, 4) is 0 Å². The number of thioether (sulfide) groups is 1. The van der Waals surface area contributed by atoms with E-state index in [1.165, 1.54) is 77.0 Å². The monoisotopic (exact) mass is 378 g/mol. The van der Waals surface area contributed by atoms with Gasteiger partial charge in [-0.3, -0.25) is 4.79 Å². The van der Waals surface area contributed by atoms with Crippen LogP contribution in [-0.2, 0) is 9.53 Å². The highest BCUT2D eigenvalue weighted by molar-refractivity contribution is 8.00. The maximum atomic E-state index is 11.7. The summed E-state index contributed by atoms with van der Waals surface area (Å²) in [4.78, 5) is 12.8. The molecule has 0 unspecified atom stereocenters. The molecule has 1 aromatic carbocycles. The molecular formula is C23H38O2S. The number of unbranched alkanes of at least 4 members (excludes halogenated alkanes) is 12. The van der Waals surface area contributed by atoms with Crippen molar-refractivity contribution in [2.45, 2.75) is 95.3 Å². The largest absolute Gasteiger partial charge is 0.465 e. The molecule has 3 heteroatoms. The topological polar surface area (TPSA) is 26.3 Å². The molecule has 0 bridgehead atoms. The Bertz CT molecular complexity index is 433. The molecule has 0 N–H and O–H groups in total. The number of hydrogen-bond donors (Lipinski definition) is 0. The Hall–Kier alpha value is -0.960. The van der Waals surface area contributed by atoms with E-state index >= 15 is 0 Å². The van der Waals surface area contributed by atoms with E-state index in [9.17, 15) is 4.79 Å². The Kier molecular flexibility index (Phi) is 15.5. The first kappa shape index (κ1) is 23.1. The van der Waals surface area contributed by atoms with Crippen LogP contribution in [-0.4, -0.2) is 18.3 Å². The second-order valence-corrected chi connectivity index (χ2v) is 8.11. The fraction of sp³-hybridized carbons (Fsp3) is 0.696. The molecule has 0 radical (unpaired) electrons. The molecule has 26 heavy (non-hydrogen) atoms. The van der Waals surface area contributed by atoms with Crippen molar-refractivity contribution in [2.75, 3.05) is 12.4 Å². The summed E-state index contributed by atoms with van der Waals surface area (Å²) in [6.07, 6.45) is 17.4. The molecule has 0 aromatic heterocycles. The number of esters is 1. The van der Waals surface area contributed by atoms with E-state index in [2.05, 4.69) is 6.92 Å². The van der Waals surface area contributed by atoms with Crippen LogP contribution in [0.1, 0.15) is 90.4 Å². The zero-order chi connectivity index (χ0) is 18.7. The lowest BCUT2D eigenvalue weighted by Crippen LogP contribution is -2.08. The number of benzene rings is 1. The van der Waals surface area contributed by atoms with Gasteiger partial charge in [0, 0.05) is 4.90 Å². The van der Waals surface area contributed by atoms with Crippen LogP contribution in [0.25, 0.3) is 0 Å². The molecule has 0 fully saturated rings. The predicted molar refractivity (Wildman–Crippen MR) is 114 cm³/mol. The average Bonchev–Trinajstić information content (AvgIpc) is 2.67. The first-order valence-corrected chi connectivity index (χ1v) is 11.6. The van der Waals surface area contributed by atoms with Crippen LogP contribution in [0.15, 0.2) is 35.2 Å². The molecule has 0 spiro atoms. The summed E-state index contributed by atoms with van der Waals surface area (Å²) >= 11 is 1.54. The summed E-state index contributed by atoms with van der Waals surface area (Å²) in [7, 11) is 0. The molecule has 0 amide bonds. The van der Waals surface area contributed by atoms with Gasteiger partial charge in [-0.25, -0.2) is 0 Å². The number of carbonyl (C=O) groups excluding carboxylic acids is 1. The average molecular weight is 379 g/mol. The van der Waals surface area contributed by atoms with Crippen LogP contribution >= 0.6 is 11.8 Å². The maximum absolute atomic E-state index is 11.7. The van der Waals surface area contributed by atoms with Gasteiger partial charge in [-0.1, -0.05) is 102 Å². The van der Waals surface area contributed by atoms with Crippen molar-refractivity contribution in [1.82, 2.24) is 0 Å². The van der Waals surface area contributed by atoms with E-state index in [1.807, 2.05) is 30.3 Å². The van der Waals surface area contributed by atoms with E-state index in [4.69, 9.17) is 4.74 Å². The molecule has 2 nitrogen and oxygen atoms in total. The fourth-order valence-electron chi connectivity index (χ4n) is 3.01. The minimum atomic E-state index is -0.0993. The quantitative estimate of drug-likeness (QED) is 0.160. The third kappa shape index (κ3) is 14.2. The number of hydrogen-bond acceptors (Lipinski definition) is 3. The lowest BCUT2D eigenvalue weighted by Gasteiger charge is -2.05. The zero-order valence-corrected chi connectivity index (χ0v) is 17.5. The molecule has 1 aromatic rings. The first-order chi connectivity index (χ1) is 12.8. The van der Waals surface area contributed by atoms with Crippen LogP contribution in [0.3, 0.4) is 0 Å². The van der Waals surface area contributed by atoms with Crippen molar-refractivity contribution in [2.24, 2.45) is 0 Å². The van der Waals surface area contributed by atoms with Crippen LogP contribution in [0.2, 0.25) is 0 Å². The van der Waals surface area contributed by atoms with E-state index in [0.717, 1.165) is 11.3 Å². The van der Waals surface area contributed by atoms with Gasteiger partial charge in [0.15, 0.2) is 0 Å². The van der Waals surface area contributed by atoms with Crippen molar-refractivity contribution >= 4 is 17.7 Å². The minimum Gasteiger partial charge on any atom is -0.465 e. The van der Waals surface area contributed by atoms with Gasteiger partial charge in [-0.05, 0) is 18.6 Å². The van der Waals surface area contributed by atoms with Crippen LogP contribution in [0, 0.1) is 0 Å². The highest BCUT2D eigenvalue weighted by Gasteiger charge is 2.03. The van der Waals surface area contributed by atoms with Crippen molar-refractivity contribution < 1.29 is 9.53 Å². The van der Waals surface area contributed by atoms with Gasteiger partial charge < -0.3 is 4.74 Å². The van der Waals surface area contributed by atoms with Gasteiger partial charge in [0.25, 0.3) is 0 Å². The Balaban J connectivity index is 1.78. The molecular weight excluding hydrogens is 340 g/mol. The van der Waals surface area contributed by atoms with Crippen molar-refractivity contribution in [3.05, 3.63) is 30.3 Å². The SMILES string of the molecule is CCCCCCCCCCCCCCCOC(=O)CSc1ccccc1. The lowest BCUT2D eigenvalue weighted by molar-refractivity contribution is -0.140. The van der Waals surface area contributed by atoms with Gasteiger partial charge in [-0.2, -0.15) is 0 Å². The minimum absolute atomic E-state index is 0.0993. The van der Waals surface area contributed by atoms with Gasteiger partial charge in [-0.15, -0.1) is 11.8 Å². The van der Waals surface area contributed by atoms with Gasteiger partial charge in [0.1, 0.15) is 0 Å². The van der Waals surface area contributed by atoms with Gasteiger partial charge >= 0.3 is 5.97 Å². The van der Waals surface area contributed by atoms with Crippen molar-refractivity contribution in [3.63, 3.8) is 0 Å². The van der Waals surface area contributed by atoms with E-state index in [1.54, 1.807) is 11.8 Å². The standard InChI is InChI=1S/C23H38O2S/c1-2-3-4-5-6-7-8-9-10-11-12-13-17-20-25-23(24)21-26-22-18-15-14-16-19-22/h14-16,18-19H,2-13,17,20-21H2,1H3.